The fourth-order valence-electron chi connectivity index (χ4n) is 2.13. The summed E-state index contributed by atoms with van der Waals surface area (Å²) in [6.45, 7) is 4.66. The highest BCUT2D eigenvalue weighted by Crippen LogP contribution is 2.05. The Morgan fingerprint density at radius 3 is 2.15 bits per heavy atom. The Hall–Kier alpha value is -0.200. The molecule has 0 spiro atoms. The van der Waals surface area contributed by atoms with E-state index in [0.717, 1.165) is 6.42 Å². The Kier molecular flexibility index (Phi) is 15.0. The van der Waals surface area contributed by atoms with Crippen molar-refractivity contribution in [2.24, 2.45) is 0 Å². The van der Waals surface area contributed by atoms with E-state index in [9.17, 15) is 5.11 Å². The standard InChI is InChI=1S/C15H33NO4/c1-2-3-4-5-6-7-12-20-14-15(19)13-16(8-10-17)9-11-18/h15,17-19H,2-14H2,1H3. The van der Waals surface area contributed by atoms with E-state index in [4.69, 9.17) is 14.9 Å². The van der Waals surface area contributed by atoms with Gasteiger partial charge in [0.15, 0.2) is 0 Å². The van der Waals surface area contributed by atoms with Gasteiger partial charge in [0, 0.05) is 26.2 Å². The van der Waals surface area contributed by atoms with E-state index in [2.05, 4.69) is 6.92 Å². The second kappa shape index (κ2) is 15.2. The molecule has 122 valence electrons. The molecule has 20 heavy (non-hydrogen) atoms. The molecule has 0 heterocycles. The van der Waals surface area contributed by atoms with Crippen LogP contribution in [0, 0.1) is 0 Å². The lowest BCUT2D eigenvalue weighted by Gasteiger charge is -2.23. The zero-order valence-electron chi connectivity index (χ0n) is 13.0. The first-order valence-corrected chi connectivity index (χ1v) is 7.94. The van der Waals surface area contributed by atoms with Gasteiger partial charge < -0.3 is 20.1 Å². The van der Waals surface area contributed by atoms with Crippen LogP contribution in [-0.2, 0) is 4.74 Å². The number of rotatable bonds is 15. The first-order valence-electron chi connectivity index (χ1n) is 7.94. The summed E-state index contributed by atoms with van der Waals surface area (Å²) in [6, 6.07) is 0. The molecule has 1 atom stereocenters. The average Bonchev–Trinajstić information content (AvgIpc) is 2.42. The van der Waals surface area contributed by atoms with Crippen LogP contribution >= 0.6 is 0 Å². The number of unbranched alkanes of at least 4 members (excludes halogenated alkanes) is 5. The monoisotopic (exact) mass is 291 g/mol. The van der Waals surface area contributed by atoms with Crippen LogP contribution in [0.3, 0.4) is 0 Å². The summed E-state index contributed by atoms with van der Waals surface area (Å²) in [7, 11) is 0. The van der Waals surface area contributed by atoms with Crippen LogP contribution in [0.1, 0.15) is 45.4 Å². The van der Waals surface area contributed by atoms with Crippen molar-refractivity contribution in [3.8, 4) is 0 Å². The van der Waals surface area contributed by atoms with Crippen molar-refractivity contribution in [3.63, 3.8) is 0 Å². The third kappa shape index (κ3) is 12.8. The van der Waals surface area contributed by atoms with Crippen molar-refractivity contribution in [2.75, 3.05) is 46.1 Å². The van der Waals surface area contributed by atoms with E-state index in [1.165, 1.54) is 32.1 Å². The number of ether oxygens (including phenoxy) is 1. The lowest BCUT2D eigenvalue weighted by Crippen LogP contribution is -2.38. The second-order valence-corrected chi connectivity index (χ2v) is 5.24. The Balaban J connectivity index is 3.44. The van der Waals surface area contributed by atoms with Crippen LogP contribution in [0.5, 0.6) is 0 Å². The summed E-state index contributed by atoms with van der Waals surface area (Å²) in [5, 5.41) is 27.6. The molecule has 1 unspecified atom stereocenters. The lowest BCUT2D eigenvalue weighted by molar-refractivity contribution is 0.0103. The molecule has 0 radical (unpaired) electrons. The van der Waals surface area contributed by atoms with Crippen molar-refractivity contribution >= 4 is 0 Å². The summed E-state index contributed by atoms with van der Waals surface area (Å²) >= 11 is 0. The second-order valence-electron chi connectivity index (χ2n) is 5.24. The molecule has 0 aliphatic heterocycles. The number of nitrogens with zero attached hydrogens (tertiary/aromatic N) is 1. The highest BCUT2D eigenvalue weighted by atomic mass is 16.5. The molecule has 5 nitrogen and oxygen atoms in total. The van der Waals surface area contributed by atoms with E-state index in [1.54, 1.807) is 0 Å². The smallest absolute Gasteiger partial charge is 0.0900 e. The fraction of sp³-hybridized carbons (Fsp3) is 1.00. The minimum atomic E-state index is -0.562. The predicted molar refractivity (Wildman–Crippen MR) is 80.8 cm³/mol. The van der Waals surface area contributed by atoms with Gasteiger partial charge in [-0.05, 0) is 6.42 Å². The van der Waals surface area contributed by atoms with E-state index < -0.39 is 6.10 Å². The Bertz CT molecular complexity index is 187. The molecule has 0 aromatic carbocycles. The van der Waals surface area contributed by atoms with Gasteiger partial charge in [-0.3, -0.25) is 4.90 Å². The molecule has 0 saturated carbocycles. The Morgan fingerprint density at radius 1 is 0.950 bits per heavy atom. The van der Waals surface area contributed by atoms with Crippen molar-refractivity contribution in [1.29, 1.82) is 0 Å². The molecule has 0 rings (SSSR count). The maximum absolute atomic E-state index is 9.82. The van der Waals surface area contributed by atoms with Gasteiger partial charge in [-0.15, -0.1) is 0 Å². The van der Waals surface area contributed by atoms with Crippen LogP contribution in [0.4, 0.5) is 0 Å². The largest absolute Gasteiger partial charge is 0.395 e. The molecular weight excluding hydrogens is 258 g/mol. The maximum Gasteiger partial charge on any atom is 0.0900 e. The van der Waals surface area contributed by atoms with Gasteiger partial charge in [0.05, 0.1) is 25.9 Å². The predicted octanol–water partition coefficient (Wildman–Crippen LogP) is 1.01. The quantitative estimate of drug-likeness (QED) is 0.393. The van der Waals surface area contributed by atoms with E-state index in [1.807, 2.05) is 4.90 Å². The molecular formula is C15H33NO4. The van der Waals surface area contributed by atoms with E-state index in [-0.39, 0.29) is 13.2 Å². The third-order valence-corrected chi connectivity index (χ3v) is 3.25. The van der Waals surface area contributed by atoms with Crippen molar-refractivity contribution in [3.05, 3.63) is 0 Å². The fourth-order valence-corrected chi connectivity index (χ4v) is 2.13. The van der Waals surface area contributed by atoms with Crippen molar-refractivity contribution in [1.82, 2.24) is 4.90 Å². The minimum Gasteiger partial charge on any atom is -0.395 e. The lowest BCUT2D eigenvalue weighted by atomic mass is 10.1. The highest BCUT2D eigenvalue weighted by Gasteiger charge is 2.11. The molecule has 0 amide bonds. The first-order chi connectivity index (χ1) is 9.74. The summed E-state index contributed by atoms with van der Waals surface area (Å²) in [4.78, 5) is 1.83. The molecule has 0 aliphatic rings. The highest BCUT2D eigenvalue weighted by molar-refractivity contribution is 4.63. The molecule has 0 bridgehead atoms. The van der Waals surface area contributed by atoms with Crippen LogP contribution in [-0.4, -0.2) is 72.4 Å². The molecule has 0 aromatic rings. The van der Waals surface area contributed by atoms with Gasteiger partial charge in [-0.2, -0.15) is 0 Å². The number of aliphatic hydroxyl groups is 3. The van der Waals surface area contributed by atoms with Crippen LogP contribution in [0.2, 0.25) is 0 Å². The summed E-state index contributed by atoms with van der Waals surface area (Å²) in [6.07, 6.45) is 6.82. The van der Waals surface area contributed by atoms with Crippen LogP contribution < -0.4 is 0 Å². The summed E-state index contributed by atoms with van der Waals surface area (Å²) in [5.41, 5.74) is 0. The molecule has 0 aromatic heterocycles. The Labute approximate surface area is 123 Å². The summed E-state index contributed by atoms with van der Waals surface area (Å²) in [5.74, 6) is 0. The van der Waals surface area contributed by atoms with Crippen molar-refractivity contribution in [2.45, 2.75) is 51.6 Å². The van der Waals surface area contributed by atoms with E-state index >= 15 is 0 Å². The number of aliphatic hydroxyl groups excluding tert-OH is 3. The first kappa shape index (κ1) is 19.8. The number of hydrogen-bond donors (Lipinski definition) is 3. The normalized spacial score (nSPS) is 13.1. The van der Waals surface area contributed by atoms with Gasteiger partial charge in [0.2, 0.25) is 0 Å². The van der Waals surface area contributed by atoms with Gasteiger partial charge in [0.25, 0.3) is 0 Å². The van der Waals surface area contributed by atoms with Gasteiger partial charge in [-0.25, -0.2) is 0 Å². The molecule has 0 fully saturated rings. The van der Waals surface area contributed by atoms with E-state index in [0.29, 0.717) is 32.8 Å². The zero-order chi connectivity index (χ0) is 15.1. The maximum atomic E-state index is 9.82. The molecule has 3 N–H and O–H groups in total. The zero-order valence-corrected chi connectivity index (χ0v) is 13.0. The van der Waals surface area contributed by atoms with Gasteiger partial charge >= 0.3 is 0 Å². The molecule has 0 aliphatic carbocycles. The average molecular weight is 291 g/mol. The molecule has 5 heteroatoms. The van der Waals surface area contributed by atoms with Gasteiger partial charge in [-0.1, -0.05) is 39.0 Å². The topological polar surface area (TPSA) is 73.2 Å². The van der Waals surface area contributed by atoms with Crippen LogP contribution in [0.15, 0.2) is 0 Å². The van der Waals surface area contributed by atoms with Gasteiger partial charge in [0.1, 0.15) is 0 Å². The SMILES string of the molecule is CCCCCCCCOCC(O)CN(CCO)CCO. The molecule has 0 saturated heterocycles. The van der Waals surface area contributed by atoms with Crippen molar-refractivity contribution < 1.29 is 20.1 Å². The number of hydrogen-bond acceptors (Lipinski definition) is 5. The Morgan fingerprint density at radius 2 is 1.55 bits per heavy atom. The third-order valence-electron chi connectivity index (χ3n) is 3.25. The van der Waals surface area contributed by atoms with Crippen LogP contribution in [0.25, 0.3) is 0 Å². The minimum absolute atomic E-state index is 0.0331. The summed E-state index contributed by atoms with van der Waals surface area (Å²) < 4.78 is 5.46.